The van der Waals surface area contributed by atoms with Gasteiger partial charge in [-0.25, -0.2) is 8.42 Å². The van der Waals surface area contributed by atoms with Crippen LogP contribution in [0.1, 0.15) is 31.7 Å². The van der Waals surface area contributed by atoms with Crippen molar-refractivity contribution in [3.05, 3.63) is 59.1 Å². The summed E-state index contributed by atoms with van der Waals surface area (Å²) in [6, 6.07) is 13.2. The summed E-state index contributed by atoms with van der Waals surface area (Å²) in [5.74, 6) is 0.163. The normalized spacial score (nSPS) is 12.0. The number of nitrogens with zero attached hydrogens (tertiary/aromatic N) is 2. The second kappa shape index (κ2) is 12.6. The van der Waals surface area contributed by atoms with Crippen LogP contribution in [0.4, 0.5) is 5.69 Å². The number of methoxy groups -OCH3 is 1. The van der Waals surface area contributed by atoms with E-state index in [1.807, 2.05) is 25.1 Å². The van der Waals surface area contributed by atoms with Crippen LogP contribution in [0.2, 0.25) is 5.02 Å². The van der Waals surface area contributed by atoms with Gasteiger partial charge in [0.05, 0.1) is 19.1 Å². The molecular formula is C24H32ClN3O5S. The molecule has 2 aromatic rings. The van der Waals surface area contributed by atoms with E-state index in [9.17, 15) is 18.0 Å². The van der Waals surface area contributed by atoms with Crippen molar-refractivity contribution in [2.45, 2.75) is 38.8 Å². The third kappa shape index (κ3) is 7.63. The Morgan fingerprint density at radius 2 is 1.85 bits per heavy atom. The van der Waals surface area contributed by atoms with Gasteiger partial charge in [0.15, 0.2) is 0 Å². The molecule has 2 rings (SSSR count). The minimum absolute atomic E-state index is 0.0735. The number of carbonyl (C=O) groups is 2. The Hall–Kier alpha value is -2.78. The zero-order valence-corrected chi connectivity index (χ0v) is 21.5. The summed E-state index contributed by atoms with van der Waals surface area (Å²) >= 11 is 6.03. The van der Waals surface area contributed by atoms with Crippen LogP contribution in [0.25, 0.3) is 0 Å². The summed E-state index contributed by atoms with van der Waals surface area (Å²) in [5, 5.41) is 3.04. The Bertz CT molecular complexity index is 1090. The highest BCUT2D eigenvalue weighted by Gasteiger charge is 2.28. The van der Waals surface area contributed by atoms with E-state index in [0.717, 1.165) is 11.8 Å². The van der Waals surface area contributed by atoms with Gasteiger partial charge in [0.2, 0.25) is 21.8 Å². The van der Waals surface area contributed by atoms with Crippen molar-refractivity contribution in [3.8, 4) is 5.75 Å². The number of benzene rings is 2. The zero-order valence-electron chi connectivity index (χ0n) is 20.0. The molecule has 0 saturated carbocycles. The number of ether oxygens (including phenoxy) is 1. The minimum atomic E-state index is -3.58. The molecule has 8 nitrogen and oxygen atoms in total. The summed E-state index contributed by atoms with van der Waals surface area (Å²) in [4.78, 5) is 27.3. The van der Waals surface area contributed by atoms with Crippen molar-refractivity contribution < 1.29 is 22.7 Å². The van der Waals surface area contributed by atoms with Crippen LogP contribution < -0.4 is 14.4 Å². The quantitative estimate of drug-likeness (QED) is 0.472. The third-order valence-electron chi connectivity index (χ3n) is 5.37. The highest BCUT2D eigenvalue weighted by atomic mass is 35.5. The molecule has 2 amide bonds. The van der Waals surface area contributed by atoms with Crippen LogP contribution in [-0.2, 0) is 26.2 Å². The Kier molecular flexibility index (Phi) is 10.2. The Labute approximate surface area is 206 Å². The van der Waals surface area contributed by atoms with E-state index in [-0.39, 0.29) is 37.7 Å². The molecule has 0 fully saturated rings. The smallest absolute Gasteiger partial charge is 0.242 e. The fraction of sp³-hybridized carbons (Fsp3) is 0.417. The first-order valence-electron chi connectivity index (χ1n) is 11.0. The van der Waals surface area contributed by atoms with Gasteiger partial charge in [0, 0.05) is 31.6 Å². The van der Waals surface area contributed by atoms with E-state index >= 15 is 0 Å². The maximum atomic E-state index is 13.3. The molecule has 0 heterocycles. The first kappa shape index (κ1) is 27.5. The van der Waals surface area contributed by atoms with Gasteiger partial charge < -0.3 is 15.0 Å². The average Bonchev–Trinajstić information content (AvgIpc) is 2.80. The van der Waals surface area contributed by atoms with Crippen molar-refractivity contribution in [3.63, 3.8) is 0 Å². The van der Waals surface area contributed by atoms with E-state index in [0.29, 0.717) is 22.9 Å². The summed E-state index contributed by atoms with van der Waals surface area (Å²) in [6.07, 6.45) is 1.90. The second-order valence-corrected chi connectivity index (χ2v) is 10.2. The van der Waals surface area contributed by atoms with Gasteiger partial charge >= 0.3 is 0 Å². The van der Waals surface area contributed by atoms with Crippen molar-refractivity contribution in [2.75, 3.05) is 31.3 Å². The van der Waals surface area contributed by atoms with Crippen LogP contribution in [-0.4, -0.2) is 58.1 Å². The summed E-state index contributed by atoms with van der Waals surface area (Å²) in [5.41, 5.74) is 1.26. The fourth-order valence-electron chi connectivity index (χ4n) is 3.69. The van der Waals surface area contributed by atoms with Gasteiger partial charge in [-0.2, -0.15) is 0 Å². The Balaban J connectivity index is 2.20. The predicted octanol–water partition coefficient (Wildman–Crippen LogP) is 3.45. The lowest BCUT2D eigenvalue weighted by molar-refractivity contribution is -0.141. The second-order valence-electron chi connectivity index (χ2n) is 7.83. The fourth-order valence-corrected chi connectivity index (χ4v) is 4.83. The largest absolute Gasteiger partial charge is 0.497 e. The molecule has 1 atom stereocenters. The molecule has 0 radical (unpaired) electrons. The number of hydrogen-bond acceptors (Lipinski definition) is 5. The zero-order chi connectivity index (χ0) is 25.3. The summed E-state index contributed by atoms with van der Waals surface area (Å²) in [7, 11) is -0.476. The first-order valence-corrected chi connectivity index (χ1v) is 13.2. The third-order valence-corrected chi connectivity index (χ3v) is 6.80. The number of anilines is 1. The molecule has 0 spiro atoms. The molecule has 0 aromatic heterocycles. The van der Waals surface area contributed by atoms with Crippen LogP contribution in [0.15, 0.2) is 48.5 Å². The lowest BCUT2D eigenvalue weighted by Gasteiger charge is -2.31. The number of carbonyl (C=O) groups excluding carboxylic acids is 2. The maximum absolute atomic E-state index is 13.3. The lowest BCUT2D eigenvalue weighted by atomic mass is 10.1. The molecule has 0 aliphatic heterocycles. The molecule has 1 N–H and O–H groups in total. The minimum Gasteiger partial charge on any atom is -0.497 e. The summed E-state index contributed by atoms with van der Waals surface area (Å²) < 4.78 is 31.2. The maximum Gasteiger partial charge on any atom is 0.242 e. The van der Waals surface area contributed by atoms with Gasteiger partial charge in [-0.3, -0.25) is 13.9 Å². The average molecular weight is 510 g/mol. The molecule has 10 heteroatoms. The van der Waals surface area contributed by atoms with Gasteiger partial charge in [-0.15, -0.1) is 0 Å². The first-order chi connectivity index (χ1) is 16.1. The van der Waals surface area contributed by atoms with Crippen molar-refractivity contribution >= 4 is 39.1 Å². The standard InChI is InChI=1S/C24H32ClN3O5S/c1-5-22(24(30)26-2)27(17-18-9-6-12-21(15-18)33-3)23(29)13-8-14-28(34(4,31)32)20-11-7-10-19(25)16-20/h6-7,9-12,15-16,22H,5,8,13-14,17H2,1-4H3,(H,26,30)/t22-/m0/s1. The number of nitrogens with one attached hydrogen (secondary N) is 1. The van der Waals surface area contributed by atoms with Crippen LogP contribution in [0.3, 0.4) is 0 Å². The number of rotatable bonds is 12. The van der Waals surface area contributed by atoms with Crippen molar-refractivity contribution in [1.82, 2.24) is 10.2 Å². The van der Waals surface area contributed by atoms with Gasteiger partial charge in [-0.1, -0.05) is 36.7 Å². The van der Waals surface area contributed by atoms with Gasteiger partial charge in [0.25, 0.3) is 0 Å². The molecule has 0 saturated heterocycles. The van der Waals surface area contributed by atoms with E-state index < -0.39 is 16.1 Å². The van der Waals surface area contributed by atoms with Crippen molar-refractivity contribution in [2.24, 2.45) is 0 Å². The monoisotopic (exact) mass is 509 g/mol. The molecule has 186 valence electrons. The number of sulfonamides is 1. The number of amides is 2. The molecule has 0 aliphatic rings. The SMILES string of the molecule is CC[C@@H](C(=O)NC)N(Cc1cccc(OC)c1)C(=O)CCCN(c1cccc(Cl)c1)S(C)(=O)=O. The van der Waals surface area contributed by atoms with E-state index in [4.69, 9.17) is 16.3 Å². The number of halogens is 1. The molecular weight excluding hydrogens is 478 g/mol. The van der Waals surface area contributed by atoms with Gasteiger partial charge in [-0.05, 0) is 48.7 Å². The number of hydrogen-bond donors (Lipinski definition) is 1. The summed E-state index contributed by atoms with van der Waals surface area (Å²) in [6.45, 7) is 2.18. The molecule has 34 heavy (non-hydrogen) atoms. The number of likely N-dealkylation sites (N-methyl/N-ethyl adjacent to an activating group) is 1. The highest BCUT2D eigenvalue weighted by molar-refractivity contribution is 7.92. The molecule has 0 unspecified atom stereocenters. The van der Waals surface area contributed by atoms with E-state index in [1.165, 1.54) is 16.3 Å². The molecule has 2 aromatic carbocycles. The highest BCUT2D eigenvalue weighted by Crippen LogP contribution is 2.23. The van der Waals surface area contributed by atoms with E-state index in [1.54, 1.807) is 37.4 Å². The lowest BCUT2D eigenvalue weighted by Crippen LogP contribution is -2.48. The van der Waals surface area contributed by atoms with Gasteiger partial charge in [0.1, 0.15) is 11.8 Å². The predicted molar refractivity (Wildman–Crippen MR) is 135 cm³/mol. The van der Waals surface area contributed by atoms with Crippen LogP contribution in [0.5, 0.6) is 5.75 Å². The van der Waals surface area contributed by atoms with Crippen LogP contribution in [0, 0.1) is 0 Å². The topological polar surface area (TPSA) is 96.0 Å². The Morgan fingerprint density at radius 3 is 2.44 bits per heavy atom. The van der Waals surface area contributed by atoms with E-state index in [2.05, 4.69) is 5.32 Å². The Morgan fingerprint density at radius 1 is 1.15 bits per heavy atom. The van der Waals surface area contributed by atoms with Crippen LogP contribution >= 0.6 is 11.6 Å². The molecule has 0 bridgehead atoms. The molecule has 0 aliphatic carbocycles. The van der Waals surface area contributed by atoms with Crippen molar-refractivity contribution in [1.29, 1.82) is 0 Å².